The zero-order chi connectivity index (χ0) is 8.81. The first kappa shape index (κ1) is 8.78. The molecule has 0 bridgehead atoms. The second-order valence-corrected chi connectivity index (χ2v) is 2.45. The summed E-state index contributed by atoms with van der Waals surface area (Å²) in [6.45, 7) is 0.491. The molecule has 1 aromatic carbocycles. The molecule has 0 amide bonds. The third kappa shape index (κ3) is 2.38. The van der Waals surface area contributed by atoms with Crippen molar-refractivity contribution in [1.29, 1.82) is 0 Å². The minimum absolute atomic E-state index is 0.491. The Kier molecular flexibility index (Phi) is 3.33. The lowest BCUT2D eigenvalue weighted by Crippen LogP contribution is -1.84. The molecule has 12 heavy (non-hydrogen) atoms. The molecule has 0 atom stereocenters. The quantitative estimate of drug-likeness (QED) is 0.402. The van der Waals surface area contributed by atoms with Crippen LogP contribution in [-0.2, 0) is 6.54 Å². The Morgan fingerprint density at radius 2 is 2.42 bits per heavy atom. The summed E-state index contributed by atoms with van der Waals surface area (Å²) in [6, 6.07) is 7.24. The molecule has 0 aliphatic rings. The molecule has 0 saturated carbocycles. The standard InChI is InChI=1S/C9H7NOS/c11-6-9-3-1-2-8(4-9)5-10-7-12/h1-4,6H,5H2. The van der Waals surface area contributed by atoms with Crippen LogP contribution in [0.4, 0.5) is 0 Å². The molecule has 0 fully saturated rings. The van der Waals surface area contributed by atoms with Gasteiger partial charge in [-0.05, 0) is 23.8 Å². The largest absolute Gasteiger partial charge is 0.298 e. The van der Waals surface area contributed by atoms with Gasteiger partial charge in [-0.2, -0.15) is 0 Å². The van der Waals surface area contributed by atoms with Crippen LogP contribution in [0.15, 0.2) is 29.3 Å². The van der Waals surface area contributed by atoms with Gasteiger partial charge in [0.15, 0.2) is 0 Å². The maximum Gasteiger partial charge on any atom is 0.150 e. The highest BCUT2D eigenvalue weighted by Crippen LogP contribution is 2.03. The van der Waals surface area contributed by atoms with E-state index in [0.717, 1.165) is 11.8 Å². The Morgan fingerprint density at radius 1 is 1.58 bits per heavy atom. The predicted molar refractivity (Wildman–Crippen MR) is 50.6 cm³/mol. The number of hydrogen-bond acceptors (Lipinski definition) is 3. The molecule has 0 aliphatic carbocycles. The maximum absolute atomic E-state index is 10.4. The van der Waals surface area contributed by atoms with Crippen LogP contribution in [0, 0.1) is 0 Å². The number of benzene rings is 1. The molecule has 0 radical (unpaired) electrons. The first-order valence-corrected chi connectivity index (χ1v) is 3.85. The second kappa shape index (κ2) is 4.54. The number of carbonyl (C=O) groups excluding carboxylic acids is 1. The van der Waals surface area contributed by atoms with Crippen molar-refractivity contribution in [3.05, 3.63) is 35.4 Å². The average Bonchev–Trinajstić information content (AvgIpc) is 2.15. The Morgan fingerprint density at radius 3 is 3.08 bits per heavy atom. The third-order valence-electron chi connectivity index (χ3n) is 1.41. The number of hydrogen-bond donors (Lipinski definition) is 0. The van der Waals surface area contributed by atoms with E-state index >= 15 is 0 Å². The van der Waals surface area contributed by atoms with Gasteiger partial charge in [-0.1, -0.05) is 18.2 Å². The summed E-state index contributed by atoms with van der Waals surface area (Å²) in [5.41, 5.74) is 1.63. The fraction of sp³-hybridized carbons (Fsp3) is 0.111. The van der Waals surface area contributed by atoms with Crippen molar-refractivity contribution < 1.29 is 4.79 Å². The Balaban J connectivity index is 2.85. The maximum atomic E-state index is 10.4. The highest BCUT2D eigenvalue weighted by Gasteiger charge is 1.92. The van der Waals surface area contributed by atoms with Gasteiger partial charge in [0.25, 0.3) is 0 Å². The molecule has 2 nitrogen and oxygen atoms in total. The number of isothiocyanates is 1. The lowest BCUT2D eigenvalue weighted by Gasteiger charge is -1.94. The van der Waals surface area contributed by atoms with Gasteiger partial charge in [0.1, 0.15) is 6.29 Å². The number of aldehydes is 1. The lowest BCUT2D eigenvalue weighted by molar-refractivity contribution is 0.112. The van der Waals surface area contributed by atoms with Crippen LogP contribution in [0.3, 0.4) is 0 Å². The zero-order valence-corrected chi connectivity index (χ0v) is 7.17. The Bertz CT molecular complexity index is 329. The molecular formula is C9H7NOS. The lowest BCUT2D eigenvalue weighted by atomic mass is 10.1. The molecule has 0 heterocycles. The molecule has 3 heteroatoms. The number of rotatable bonds is 3. The first-order valence-electron chi connectivity index (χ1n) is 3.44. The van der Waals surface area contributed by atoms with Gasteiger partial charge in [0.05, 0.1) is 11.7 Å². The van der Waals surface area contributed by atoms with Crippen molar-refractivity contribution >= 4 is 23.7 Å². The van der Waals surface area contributed by atoms with Crippen LogP contribution in [0.5, 0.6) is 0 Å². The molecular weight excluding hydrogens is 170 g/mol. The fourth-order valence-electron chi connectivity index (χ4n) is 0.888. The minimum atomic E-state index is 0.491. The van der Waals surface area contributed by atoms with Crippen molar-refractivity contribution in [2.45, 2.75) is 6.54 Å². The zero-order valence-electron chi connectivity index (χ0n) is 6.36. The summed E-state index contributed by atoms with van der Waals surface area (Å²) in [5.74, 6) is 0. The van der Waals surface area contributed by atoms with E-state index < -0.39 is 0 Å². The first-order chi connectivity index (χ1) is 5.86. The third-order valence-corrected chi connectivity index (χ3v) is 1.54. The van der Waals surface area contributed by atoms with Crippen molar-refractivity contribution in [3.63, 3.8) is 0 Å². The summed E-state index contributed by atoms with van der Waals surface area (Å²) >= 11 is 4.43. The monoisotopic (exact) mass is 177 g/mol. The molecule has 0 saturated heterocycles. The van der Waals surface area contributed by atoms with Crippen molar-refractivity contribution in [2.75, 3.05) is 0 Å². The predicted octanol–water partition coefficient (Wildman–Crippen LogP) is 2.10. The van der Waals surface area contributed by atoms with E-state index in [9.17, 15) is 4.79 Å². The van der Waals surface area contributed by atoms with Gasteiger partial charge in [-0.15, -0.1) is 0 Å². The molecule has 1 aromatic rings. The second-order valence-electron chi connectivity index (χ2n) is 2.27. The van der Waals surface area contributed by atoms with E-state index in [4.69, 9.17) is 0 Å². The van der Waals surface area contributed by atoms with Gasteiger partial charge in [-0.3, -0.25) is 4.79 Å². The topological polar surface area (TPSA) is 29.4 Å². The van der Waals surface area contributed by atoms with Crippen LogP contribution in [0.1, 0.15) is 15.9 Å². The summed E-state index contributed by atoms with van der Waals surface area (Å²) < 4.78 is 0. The number of carbonyl (C=O) groups is 1. The normalized spacial score (nSPS) is 8.67. The van der Waals surface area contributed by atoms with E-state index in [2.05, 4.69) is 22.4 Å². The molecule has 0 unspecified atom stereocenters. The van der Waals surface area contributed by atoms with E-state index in [0.29, 0.717) is 12.1 Å². The van der Waals surface area contributed by atoms with E-state index in [1.165, 1.54) is 0 Å². The van der Waals surface area contributed by atoms with Crippen molar-refractivity contribution in [3.8, 4) is 0 Å². The summed E-state index contributed by atoms with van der Waals surface area (Å²) in [6.07, 6.45) is 0.810. The van der Waals surface area contributed by atoms with Crippen LogP contribution in [-0.4, -0.2) is 11.4 Å². The van der Waals surface area contributed by atoms with E-state index in [1.54, 1.807) is 12.1 Å². The van der Waals surface area contributed by atoms with Crippen molar-refractivity contribution in [2.24, 2.45) is 4.99 Å². The molecule has 0 aliphatic heterocycles. The average molecular weight is 177 g/mol. The molecule has 0 aromatic heterocycles. The number of thiocarbonyl (C=S) groups is 1. The summed E-state index contributed by atoms with van der Waals surface area (Å²) in [7, 11) is 0. The molecule has 60 valence electrons. The van der Waals surface area contributed by atoms with Crippen LogP contribution < -0.4 is 0 Å². The van der Waals surface area contributed by atoms with Crippen LogP contribution in [0.25, 0.3) is 0 Å². The number of aliphatic imine (C=N–C) groups is 1. The van der Waals surface area contributed by atoms with Gasteiger partial charge >= 0.3 is 0 Å². The smallest absolute Gasteiger partial charge is 0.150 e. The molecule has 0 N–H and O–H groups in total. The molecule has 1 rings (SSSR count). The Labute approximate surface area is 75.9 Å². The summed E-state index contributed by atoms with van der Waals surface area (Å²) in [4.78, 5) is 14.1. The SMILES string of the molecule is O=Cc1cccc(CN=C=S)c1. The highest BCUT2D eigenvalue weighted by molar-refractivity contribution is 7.78. The van der Waals surface area contributed by atoms with Gasteiger partial charge in [0.2, 0.25) is 0 Å². The number of nitrogens with zero attached hydrogens (tertiary/aromatic N) is 1. The van der Waals surface area contributed by atoms with E-state index in [-0.39, 0.29) is 0 Å². The molecule has 0 spiro atoms. The highest BCUT2D eigenvalue weighted by atomic mass is 32.1. The van der Waals surface area contributed by atoms with Crippen LogP contribution >= 0.6 is 12.2 Å². The van der Waals surface area contributed by atoms with E-state index in [1.807, 2.05) is 12.1 Å². The van der Waals surface area contributed by atoms with Crippen molar-refractivity contribution in [1.82, 2.24) is 0 Å². The van der Waals surface area contributed by atoms with Crippen LogP contribution in [0.2, 0.25) is 0 Å². The minimum Gasteiger partial charge on any atom is -0.298 e. The Hall–Kier alpha value is -1.31. The summed E-state index contributed by atoms with van der Waals surface area (Å²) in [5, 5.41) is 2.27. The van der Waals surface area contributed by atoms with Gasteiger partial charge in [0, 0.05) is 5.56 Å². The fourth-order valence-corrected chi connectivity index (χ4v) is 0.953. The van der Waals surface area contributed by atoms with Gasteiger partial charge in [-0.25, -0.2) is 4.99 Å². The van der Waals surface area contributed by atoms with Gasteiger partial charge < -0.3 is 0 Å².